The molecule has 2 aromatic carbocycles. The van der Waals surface area contributed by atoms with E-state index >= 15 is 0 Å². The molecule has 34 heavy (non-hydrogen) atoms. The zero-order valence-electron chi connectivity index (χ0n) is 19.8. The van der Waals surface area contributed by atoms with Gasteiger partial charge in [-0.25, -0.2) is 0 Å². The summed E-state index contributed by atoms with van der Waals surface area (Å²) in [5.41, 5.74) is 0.876. The molecule has 1 aliphatic heterocycles. The highest BCUT2D eigenvalue weighted by molar-refractivity contribution is 5.86. The van der Waals surface area contributed by atoms with Gasteiger partial charge in [0.15, 0.2) is 5.43 Å². The fourth-order valence-electron chi connectivity index (χ4n) is 4.41. The number of phenolic OH excluding ortho intramolecular Hbond substituents is 1. The van der Waals surface area contributed by atoms with Crippen LogP contribution in [0.4, 0.5) is 0 Å². The van der Waals surface area contributed by atoms with Gasteiger partial charge in [-0.15, -0.1) is 0 Å². The quantitative estimate of drug-likeness (QED) is 0.351. The zero-order valence-corrected chi connectivity index (χ0v) is 19.8. The van der Waals surface area contributed by atoms with Crippen LogP contribution < -0.4 is 10.2 Å². The number of unbranched alkanes of at least 4 members (excludes halogenated alkanes) is 6. The minimum Gasteiger partial charge on any atom is -0.507 e. The molecule has 1 saturated heterocycles. The Morgan fingerprint density at radius 1 is 0.882 bits per heavy atom. The molecule has 0 spiro atoms. The van der Waals surface area contributed by atoms with Gasteiger partial charge in [0.2, 0.25) is 0 Å². The molecule has 2 heterocycles. The van der Waals surface area contributed by atoms with Gasteiger partial charge in [-0.2, -0.15) is 0 Å². The van der Waals surface area contributed by atoms with Crippen molar-refractivity contribution in [2.45, 2.75) is 44.9 Å². The third kappa shape index (κ3) is 6.84. The lowest BCUT2D eigenvalue weighted by Gasteiger charge is -2.26. The maximum Gasteiger partial charge on any atom is 0.197 e. The average molecular weight is 466 g/mol. The number of aromatic hydroxyl groups is 1. The molecule has 1 N–H and O–H groups in total. The van der Waals surface area contributed by atoms with Crippen molar-refractivity contribution < 1.29 is 19.0 Å². The van der Waals surface area contributed by atoms with E-state index < -0.39 is 0 Å². The Morgan fingerprint density at radius 3 is 2.35 bits per heavy atom. The summed E-state index contributed by atoms with van der Waals surface area (Å²) >= 11 is 0. The van der Waals surface area contributed by atoms with E-state index in [1.165, 1.54) is 50.8 Å². The maximum atomic E-state index is 12.5. The molecule has 6 heteroatoms. The summed E-state index contributed by atoms with van der Waals surface area (Å²) in [4.78, 5) is 15.0. The van der Waals surface area contributed by atoms with Crippen molar-refractivity contribution in [1.29, 1.82) is 0 Å². The van der Waals surface area contributed by atoms with Crippen molar-refractivity contribution in [3.8, 4) is 22.8 Å². The number of phenols is 1. The molecule has 0 unspecified atom stereocenters. The summed E-state index contributed by atoms with van der Waals surface area (Å²) in [7, 11) is 0. The SMILES string of the molecule is O=c1cc(-c2ccccc2)oc2cc(OCCCCCCCCCN3CCOCC3)cc(O)c12. The standard InChI is InChI=1S/C28H35NO5/c30-24-19-23(20-27-28(24)25(31)21-26(34-27)22-11-7-6-8-12-22)33-16-10-5-3-1-2-4-9-13-29-14-17-32-18-15-29/h6-8,11-12,19-21,30H,1-5,9-10,13-18H2. The predicted octanol–water partition coefficient (Wildman–Crippen LogP) is 5.61. The largest absolute Gasteiger partial charge is 0.507 e. The van der Waals surface area contributed by atoms with Crippen LogP contribution in [0.3, 0.4) is 0 Å². The minimum absolute atomic E-state index is 0.113. The molecular formula is C28H35NO5. The lowest BCUT2D eigenvalue weighted by Crippen LogP contribution is -2.36. The fraction of sp³-hybridized carbons (Fsp3) is 0.464. The molecule has 0 saturated carbocycles. The van der Waals surface area contributed by atoms with E-state index in [4.69, 9.17) is 13.9 Å². The van der Waals surface area contributed by atoms with Crippen LogP contribution in [-0.2, 0) is 4.74 Å². The number of fused-ring (bicyclic) bond motifs is 1. The summed E-state index contributed by atoms with van der Waals surface area (Å²) in [6.07, 6.45) is 8.40. The Hall–Kier alpha value is -2.83. The molecule has 0 radical (unpaired) electrons. The van der Waals surface area contributed by atoms with Gasteiger partial charge in [0.05, 0.1) is 19.8 Å². The van der Waals surface area contributed by atoms with Crippen LogP contribution >= 0.6 is 0 Å². The van der Waals surface area contributed by atoms with E-state index in [2.05, 4.69) is 4.90 Å². The minimum atomic E-state index is -0.269. The average Bonchev–Trinajstić information content (AvgIpc) is 2.86. The number of hydrogen-bond acceptors (Lipinski definition) is 6. The highest BCUT2D eigenvalue weighted by Gasteiger charge is 2.13. The van der Waals surface area contributed by atoms with Crippen molar-refractivity contribution in [2.75, 3.05) is 39.5 Å². The lowest BCUT2D eigenvalue weighted by molar-refractivity contribution is 0.0371. The van der Waals surface area contributed by atoms with Crippen LogP contribution in [0, 0.1) is 0 Å². The molecule has 182 valence electrons. The summed E-state index contributed by atoms with van der Waals surface area (Å²) in [6, 6.07) is 14.1. The van der Waals surface area contributed by atoms with Crippen molar-refractivity contribution in [1.82, 2.24) is 4.90 Å². The Kier molecular flexibility index (Phi) is 8.99. The summed E-state index contributed by atoms with van der Waals surface area (Å²) < 4.78 is 17.2. The van der Waals surface area contributed by atoms with Gasteiger partial charge in [-0.05, 0) is 19.4 Å². The highest BCUT2D eigenvalue weighted by atomic mass is 16.5. The van der Waals surface area contributed by atoms with Crippen LogP contribution in [0.1, 0.15) is 44.9 Å². The monoisotopic (exact) mass is 465 g/mol. The molecule has 0 atom stereocenters. The van der Waals surface area contributed by atoms with Gasteiger partial charge in [0, 0.05) is 36.9 Å². The van der Waals surface area contributed by atoms with Gasteiger partial charge in [-0.3, -0.25) is 9.69 Å². The summed E-state index contributed by atoms with van der Waals surface area (Å²) in [5, 5.41) is 10.6. The summed E-state index contributed by atoms with van der Waals surface area (Å²) in [5.74, 6) is 0.874. The predicted molar refractivity (Wildman–Crippen MR) is 135 cm³/mol. The summed E-state index contributed by atoms with van der Waals surface area (Å²) in [6.45, 7) is 5.69. The molecule has 6 nitrogen and oxygen atoms in total. The van der Waals surface area contributed by atoms with E-state index in [9.17, 15) is 9.90 Å². The van der Waals surface area contributed by atoms with Crippen molar-refractivity contribution in [3.63, 3.8) is 0 Å². The van der Waals surface area contributed by atoms with Gasteiger partial charge < -0.3 is 19.0 Å². The molecule has 1 fully saturated rings. The first kappa shape index (κ1) is 24.3. The zero-order chi connectivity index (χ0) is 23.6. The van der Waals surface area contributed by atoms with Crippen LogP contribution in [-0.4, -0.2) is 49.5 Å². The van der Waals surface area contributed by atoms with Crippen LogP contribution in [0.2, 0.25) is 0 Å². The molecule has 0 bridgehead atoms. The van der Waals surface area contributed by atoms with Gasteiger partial charge in [0.1, 0.15) is 28.2 Å². The van der Waals surface area contributed by atoms with Crippen LogP contribution in [0.25, 0.3) is 22.3 Å². The van der Waals surface area contributed by atoms with E-state index in [0.717, 1.165) is 44.7 Å². The number of ether oxygens (including phenoxy) is 2. The molecule has 0 amide bonds. The lowest BCUT2D eigenvalue weighted by atomic mass is 10.1. The fourth-order valence-corrected chi connectivity index (χ4v) is 4.41. The van der Waals surface area contributed by atoms with Gasteiger partial charge >= 0.3 is 0 Å². The number of benzene rings is 2. The first-order valence-corrected chi connectivity index (χ1v) is 12.5. The van der Waals surface area contributed by atoms with Gasteiger partial charge in [0.25, 0.3) is 0 Å². The molecular weight excluding hydrogens is 430 g/mol. The second-order valence-corrected chi connectivity index (χ2v) is 8.93. The van der Waals surface area contributed by atoms with E-state index in [1.807, 2.05) is 30.3 Å². The van der Waals surface area contributed by atoms with Crippen molar-refractivity contribution >= 4 is 11.0 Å². The Balaban J connectivity index is 1.19. The van der Waals surface area contributed by atoms with Crippen molar-refractivity contribution in [2.24, 2.45) is 0 Å². The maximum absolute atomic E-state index is 12.5. The second kappa shape index (κ2) is 12.6. The molecule has 1 aliphatic rings. The first-order valence-electron chi connectivity index (χ1n) is 12.5. The smallest absolute Gasteiger partial charge is 0.197 e. The number of morpholine rings is 1. The number of rotatable bonds is 12. The third-order valence-electron chi connectivity index (χ3n) is 6.33. The molecule has 0 aliphatic carbocycles. The van der Waals surface area contributed by atoms with E-state index in [1.54, 1.807) is 6.07 Å². The first-order chi connectivity index (χ1) is 16.7. The Labute approximate surface area is 201 Å². The van der Waals surface area contributed by atoms with Crippen LogP contribution in [0.15, 0.2) is 57.7 Å². The van der Waals surface area contributed by atoms with E-state index in [-0.39, 0.29) is 16.6 Å². The third-order valence-corrected chi connectivity index (χ3v) is 6.33. The Morgan fingerprint density at radius 2 is 1.59 bits per heavy atom. The second-order valence-electron chi connectivity index (χ2n) is 8.93. The highest BCUT2D eigenvalue weighted by Crippen LogP contribution is 2.31. The molecule has 3 aromatic rings. The number of hydrogen-bond donors (Lipinski definition) is 1. The number of nitrogens with zero attached hydrogens (tertiary/aromatic N) is 1. The topological polar surface area (TPSA) is 72.1 Å². The van der Waals surface area contributed by atoms with Crippen molar-refractivity contribution in [3.05, 3.63) is 58.8 Å². The van der Waals surface area contributed by atoms with Gasteiger partial charge in [-0.1, -0.05) is 62.4 Å². The molecule has 1 aromatic heterocycles. The Bertz CT molecular complexity index is 1090. The van der Waals surface area contributed by atoms with Crippen LogP contribution in [0.5, 0.6) is 11.5 Å². The van der Waals surface area contributed by atoms with E-state index in [0.29, 0.717) is 23.7 Å². The normalized spacial score (nSPS) is 14.5. The molecule has 4 rings (SSSR count).